The summed E-state index contributed by atoms with van der Waals surface area (Å²) >= 11 is 0. The van der Waals surface area contributed by atoms with Crippen molar-refractivity contribution < 1.29 is 14.3 Å². The number of hydrogen-bond acceptors (Lipinski definition) is 5. The van der Waals surface area contributed by atoms with Crippen LogP contribution >= 0.6 is 0 Å². The molecule has 0 radical (unpaired) electrons. The van der Waals surface area contributed by atoms with Gasteiger partial charge in [-0.3, -0.25) is 14.7 Å². The molecule has 1 fully saturated rings. The minimum atomic E-state index is -0.279. The maximum atomic E-state index is 12.7. The zero-order chi connectivity index (χ0) is 23.9. The van der Waals surface area contributed by atoms with E-state index in [4.69, 9.17) is 14.5 Å². The topological polar surface area (TPSA) is 51.7 Å². The lowest BCUT2D eigenvalue weighted by atomic mass is 9.95. The number of nitrogens with zero attached hydrogens (tertiary/aromatic N) is 2. The SMILES string of the molecule is CC(=O)[C@@H](c1ccccc1OC(C)C)N1CC[C@@H](OCCCCc2ccc3c(n2)CCCC3)C1. The number of aromatic nitrogens is 1. The fraction of sp³-hybridized carbons (Fsp3) is 0.586. The van der Waals surface area contributed by atoms with E-state index in [0.717, 1.165) is 63.1 Å². The molecule has 0 saturated carbocycles. The smallest absolute Gasteiger partial charge is 0.151 e. The number of aryl methyl sites for hydroxylation is 3. The fourth-order valence-corrected chi connectivity index (χ4v) is 5.29. The molecule has 34 heavy (non-hydrogen) atoms. The lowest BCUT2D eigenvalue weighted by Gasteiger charge is -2.28. The summed E-state index contributed by atoms with van der Waals surface area (Å²) in [6.07, 6.45) is 9.27. The van der Waals surface area contributed by atoms with E-state index in [9.17, 15) is 4.79 Å². The lowest BCUT2D eigenvalue weighted by Crippen LogP contribution is -2.33. The highest BCUT2D eigenvalue weighted by Gasteiger charge is 2.33. The quantitative estimate of drug-likeness (QED) is 0.412. The molecule has 1 aliphatic carbocycles. The van der Waals surface area contributed by atoms with E-state index in [1.54, 1.807) is 6.92 Å². The summed E-state index contributed by atoms with van der Waals surface area (Å²) in [5.74, 6) is 0.955. The van der Waals surface area contributed by atoms with Gasteiger partial charge < -0.3 is 9.47 Å². The van der Waals surface area contributed by atoms with Crippen molar-refractivity contribution >= 4 is 5.78 Å². The van der Waals surface area contributed by atoms with Crippen molar-refractivity contribution in [2.75, 3.05) is 19.7 Å². The second kappa shape index (κ2) is 11.9. The monoisotopic (exact) mass is 464 g/mol. The van der Waals surface area contributed by atoms with Crippen LogP contribution in [0.1, 0.15) is 81.4 Å². The van der Waals surface area contributed by atoms with Crippen LogP contribution in [0.15, 0.2) is 36.4 Å². The fourth-order valence-electron chi connectivity index (χ4n) is 5.29. The van der Waals surface area contributed by atoms with Crippen molar-refractivity contribution in [3.63, 3.8) is 0 Å². The second-order valence-corrected chi connectivity index (χ2v) is 10.1. The summed E-state index contributed by atoms with van der Waals surface area (Å²) in [5.41, 5.74) is 4.96. The number of rotatable bonds is 11. The van der Waals surface area contributed by atoms with E-state index < -0.39 is 0 Å². The molecule has 0 bridgehead atoms. The Bertz CT molecular complexity index is 958. The van der Waals surface area contributed by atoms with Crippen molar-refractivity contribution in [2.45, 2.75) is 90.4 Å². The van der Waals surface area contributed by atoms with Crippen molar-refractivity contribution in [1.29, 1.82) is 0 Å². The van der Waals surface area contributed by atoms with E-state index in [2.05, 4.69) is 17.0 Å². The van der Waals surface area contributed by atoms with Gasteiger partial charge in [-0.1, -0.05) is 24.3 Å². The van der Waals surface area contributed by atoms with Crippen molar-refractivity contribution in [1.82, 2.24) is 9.88 Å². The molecule has 2 atom stereocenters. The lowest BCUT2D eigenvalue weighted by molar-refractivity contribution is -0.122. The number of Topliss-reactive ketones (excluding diaryl/α,β-unsaturated/α-hetero) is 1. The van der Waals surface area contributed by atoms with Crippen LogP contribution in [0.2, 0.25) is 0 Å². The minimum absolute atomic E-state index is 0.0694. The van der Waals surface area contributed by atoms with E-state index in [1.807, 2.05) is 38.1 Å². The molecule has 2 heterocycles. The number of para-hydroxylation sites is 1. The predicted molar refractivity (Wildman–Crippen MR) is 135 cm³/mol. The molecule has 1 saturated heterocycles. The number of carbonyl (C=O) groups is 1. The Morgan fingerprint density at radius 1 is 1.12 bits per heavy atom. The van der Waals surface area contributed by atoms with Crippen LogP contribution < -0.4 is 4.74 Å². The molecule has 0 unspecified atom stereocenters. The highest BCUT2D eigenvalue weighted by molar-refractivity contribution is 5.83. The van der Waals surface area contributed by atoms with E-state index in [1.165, 1.54) is 36.2 Å². The molecule has 4 rings (SSSR count). The first-order valence-corrected chi connectivity index (χ1v) is 13.1. The third-order valence-corrected chi connectivity index (χ3v) is 6.92. The summed E-state index contributed by atoms with van der Waals surface area (Å²) in [5, 5.41) is 0. The number of carbonyl (C=O) groups excluding carboxylic acids is 1. The molecule has 5 nitrogen and oxygen atoms in total. The third-order valence-electron chi connectivity index (χ3n) is 6.92. The molecular formula is C29H40N2O3. The summed E-state index contributed by atoms with van der Waals surface area (Å²) in [7, 11) is 0. The number of unbranched alkanes of at least 4 members (excludes halogenated alkanes) is 1. The molecule has 2 aromatic rings. The normalized spacial score (nSPS) is 19.2. The van der Waals surface area contributed by atoms with Crippen LogP contribution in [-0.4, -0.2) is 47.6 Å². The molecule has 0 N–H and O–H groups in total. The first-order valence-electron chi connectivity index (χ1n) is 13.1. The number of hydrogen-bond donors (Lipinski definition) is 0. The van der Waals surface area contributed by atoms with Crippen LogP contribution in [0.25, 0.3) is 0 Å². The number of likely N-dealkylation sites (tertiary alicyclic amines) is 1. The molecular weight excluding hydrogens is 424 g/mol. The van der Waals surface area contributed by atoms with Gasteiger partial charge in [0.1, 0.15) is 5.75 Å². The van der Waals surface area contributed by atoms with Gasteiger partial charge in [0.2, 0.25) is 0 Å². The minimum Gasteiger partial charge on any atom is -0.491 e. The van der Waals surface area contributed by atoms with Crippen LogP contribution in [0.5, 0.6) is 5.75 Å². The maximum Gasteiger partial charge on any atom is 0.151 e. The Labute approximate surface area is 204 Å². The summed E-state index contributed by atoms with van der Waals surface area (Å²) in [4.78, 5) is 19.8. The third kappa shape index (κ3) is 6.45. The number of pyridine rings is 1. The first-order chi connectivity index (χ1) is 16.5. The highest BCUT2D eigenvalue weighted by atomic mass is 16.5. The number of ketones is 1. The summed E-state index contributed by atoms with van der Waals surface area (Å²) < 4.78 is 12.2. The molecule has 1 aliphatic heterocycles. The molecule has 1 aromatic heterocycles. The van der Waals surface area contributed by atoms with Gasteiger partial charge in [-0.2, -0.15) is 0 Å². The first kappa shape index (κ1) is 24.9. The molecule has 1 aromatic carbocycles. The Hall–Kier alpha value is -2.24. The van der Waals surface area contributed by atoms with Crippen molar-refractivity contribution in [2.24, 2.45) is 0 Å². The molecule has 0 spiro atoms. The van der Waals surface area contributed by atoms with Crippen LogP contribution in [0, 0.1) is 0 Å². The molecule has 184 valence electrons. The average molecular weight is 465 g/mol. The van der Waals surface area contributed by atoms with Crippen LogP contribution in [0.4, 0.5) is 0 Å². The highest BCUT2D eigenvalue weighted by Crippen LogP contribution is 2.33. The van der Waals surface area contributed by atoms with Crippen LogP contribution in [0.3, 0.4) is 0 Å². The number of ether oxygens (including phenoxy) is 2. The summed E-state index contributed by atoms with van der Waals surface area (Å²) in [6.45, 7) is 8.12. The molecule has 2 aliphatic rings. The standard InChI is InChI=1S/C29H40N2O3/c1-21(2)34-28-14-7-5-12-26(28)29(22(3)32)31-18-17-25(20-31)33-19-9-8-11-24-16-15-23-10-4-6-13-27(23)30-24/h5,7,12,14-16,21,25,29H,4,6,8-11,13,17-20H2,1-3H3/t25-,29+/m1/s1. The molecule has 5 heteroatoms. The van der Waals surface area contributed by atoms with Gasteiger partial charge >= 0.3 is 0 Å². The van der Waals surface area contributed by atoms with Gasteiger partial charge in [-0.05, 0) is 89.8 Å². The zero-order valence-electron chi connectivity index (χ0n) is 21.1. The van der Waals surface area contributed by atoms with E-state index in [0.29, 0.717) is 0 Å². The Morgan fingerprint density at radius 2 is 1.94 bits per heavy atom. The second-order valence-electron chi connectivity index (χ2n) is 10.1. The average Bonchev–Trinajstić information content (AvgIpc) is 3.27. The van der Waals surface area contributed by atoms with Gasteiger partial charge in [-0.15, -0.1) is 0 Å². The largest absolute Gasteiger partial charge is 0.491 e. The molecule has 0 amide bonds. The zero-order valence-corrected chi connectivity index (χ0v) is 21.1. The Kier molecular flexibility index (Phi) is 8.74. The predicted octanol–water partition coefficient (Wildman–Crippen LogP) is 5.49. The number of benzene rings is 1. The van der Waals surface area contributed by atoms with E-state index in [-0.39, 0.29) is 24.0 Å². The number of fused-ring (bicyclic) bond motifs is 1. The summed E-state index contributed by atoms with van der Waals surface area (Å²) in [6, 6.07) is 12.2. The van der Waals surface area contributed by atoms with Gasteiger partial charge in [0.25, 0.3) is 0 Å². The van der Waals surface area contributed by atoms with Gasteiger partial charge in [0.05, 0.1) is 18.2 Å². The Balaban J connectivity index is 1.24. The maximum absolute atomic E-state index is 12.7. The van der Waals surface area contributed by atoms with Gasteiger partial charge in [0, 0.05) is 36.6 Å². The van der Waals surface area contributed by atoms with E-state index >= 15 is 0 Å². The van der Waals surface area contributed by atoms with Gasteiger partial charge in [-0.25, -0.2) is 0 Å². The van der Waals surface area contributed by atoms with Crippen molar-refractivity contribution in [3.8, 4) is 5.75 Å². The Morgan fingerprint density at radius 3 is 2.76 bits per heavy atom. The van der Waals surface area contributed by atoms with Crippen molar-refractivity contribution in [3.05, 3.63) is 58.9 Å². The van der Waals surface area contributed by atoms with Crippen LogP contribution in [-0.2, 0) is 28.8 Å². The van der Waals surface area contributed by atoms with Gasteiger partial charge in [0.15, 0.2) is 5.78 Å².